The summed E-state index contributed by atoms with van der Waals surface area (Å²) in [6.07, 6.45) is -0.440. The summed E-state index contributed by atoms with van der Waals surface area (Å²) < 4.78 is 10.4. The lowest BCUT2D eigenvalue weighted by atomic mass is 9.93. The minimum Gasteiger partial charge on any atom is -0.496 e. The summed E-state index contributed by atoms with van der Waals surface area (Å²) in [5.41, 5.74) is 1.53. The molecule has 0 aliphatic carbocycles. The van der Waals surface area contributed by atoms with Crippen molar-refractivity contribution in [2.45, 2.75) is 24.8 Å². The Balaban J connectivity index is 1.80. The number of cyclic esters (lactones) is 1. The van der Waals surface area contributed by atoms with Gasteiger partial charge in [0.1, 0.15) is 12.4 Å². The van der Waals surface area contributed by atoms with Gasteiger partial charge in [-0.1, -0.05) is 48.5 Å². The van der Waals surface area contributed by atoms with Crippen molar-refractivity contribution in [3.8, 4) is 5.75 Å². The van der Waals surface area contributed by atoms with E-state index in [1.54, 1.807) is 24.3 Å². The molecule has 2 amide bonds. The van der Waals surface area contributed by atoms with E-state index in [1.807, 2.05) is 30.3 Å². The van der Waals surface area contributed by atoms with Gasteiger partial charge in [-0.05, 0) is 18.1 Å². The van der Waals surface area contributed by atoms with Crippen LogP contribution in [0.1, 0.15) is 23.5 Å². The lowest BCUT2D eigenvalue weighted by Crippen LogP contribution is -2.41. The first-order valence-electron chi connectivity index (χ1n) is 9.27. The van der Waals surface area contributed by atoms with Gasteiger partial charge in [-0.3, -0.25) is 14.9 Å². The first-order valence-corrected chi connectivity index (χ1v) is 9.27. The molecule has 2 unspecified atom stereocenters. The Morgan fingerprint density at radius 3 is 2.62 bits per heavy atom. The number of para-hydroxylation sites is 1. The van der Waals surface area contributed by atoms with Crippen molar-refractivity contribution >= 4 is 12.0 Å². The van der Waals surface area contributed by atoms with E-state index in [-0.39, 0.29) is 13.0 Å². The second-order valence-electron chi connectivity index (χ2n) is 6.84. The van der Waals surface area contributed by atoms with Crippen LogP contribution in [0.2, 0.25) is 0 Å². The average molecular weight is 398 g/mol. The maximum Gasteiger partial charge on any atom is 0.416 e. The van der Waals surface area contributed by atoms with Crippen molar-refractivity contribution in [3.05, 3.63) is 75.8 Å². The molecule has 1 saturated heterocycles. The second kappa shape index (κ2) is 9.18. The number of rotatable bonds is 8. The van der Waals surface area contributed by atoms with Gasteiger partial charge in [0.2, 0.25) is 12.5 Å². The van der Waals surface area contributed by atoms with Crippen molar-refractivity contribution in [2.75, 3.05) is 20.3 Å². The van der Waals surface area contributed by atoms with E-state index < -0.39 is 35.4 Å². The number of amides is 2. The highest BCUT2D eigenvalue weighted by Crippen LogP contribution is 2.31. The standard InChI is InChI=1S/C21H22N2O6/c1-28-19-10-6-5-9-18(19)16(13-22(26)27)12-20(24)23-17(14-29-21(23)25)11-15-7-3-2-4-8-15/h2-10,16-17H,11-14H2,1H3. The molecule has 0 aromatic heterocycles. The van der Waals surface area contributed by atoms with Crippen molar-refractivity contribution in [1.82, 2.24) is 4.90 Å². The van der Waals surface area contributed by atoms with Gasteiger partial charge < -0.3 is 9.47 Å². The molecule has 0 bridgehead atoms. The Hall–Kier alpha value is -3.42. The Kier molecular flexibility index (Phi) is 6.43. The average Bonchev–Trinajstić information content (AvgIpc) is 3.08. The van der Waals surface area contributed by atoms with Gasteiger partial charge in [-0.15, -0.1) is 0 Å². The molecule has 0 N–H and O–H groups in total. The number of ether oxygens (including phenoxy) is 2. The van der Waals surface area contributed by atoms with Crippen LogP contribution in [0.4, 0.5) is 4.79 Å². The first-order chi connectivity index (χ1) is 14.0. The zero-order chi connectivity index (χ0) is 20.8. The molecular weight excluding hydrogens is 376 g/mol. The molecule has 3 rings (SSSR count). The molecule has 1 aliphatic rings. The number of hydrogen-bond donors (Lipinski definition) is 0. The quantitative estimate of drug-likeness (QED) is 0.501. The highest BCUT2D eigenvalue weighted by Gasteiger charge is 2.39. The fourth-order valence-corrected chi connectivity index (χ4v) is 3.57. The van der Waals surface area contributed by atoms with Crippen LogP contribution in [0.5, 0.6) is 5.75 Å². The van der Waals surface area contributed by atoms with E-state index in [0.717, 1.165) is 10.5 Å². The summed E-state index contributed by atoms with van der Waals surface area (Å²) in [5, 5.41) is 11.2. The molecule has 2 atom stereocenters. The third kappa shape index (κ3) is 4.90. The fourth-order valence-electron chi connectivity index (χ4n) is 3.57. The largest absolute Gasteiger partial charge is 0.496 e. The van der Waals surface area contributed by atoms with E-state index in [9.17, 15) is 19.7 Å². The molecule has 152 valence electrons. The minimum absolute atomic E-state index is 0.105. The predicted octanol–water partition coefficient (Wildman–Crippen LogP) is 3.04. The van der Waals surface area contributed by atoms with E-state index in [4.69, 9.17) is 9.47 Å². The van der Waals surface area contributed by atoms with Crippen LogP contribution in [0.15, 0.2) is 54.6 Å². The smallest absolute Gasteiger partial charge is 0.416 e. The van der Waals surface area contributed by atoms with E-state index in [2.05, 4.69) is 0 Å². The molecule has 0 saturated carbocycles. The van der Waals surface area contributed by atoms with Crippen LogP contribution >= 0.6 is 0 Å². The van der Waals surface area contributed by atoms with Gasteiger partial charge >= 0.3 is 6.09 Å². The zero-order valence-corrected chi connectivity index (χ0v) is 16.0. The number of benzene rings is 2. The van der Waals surface area contributed by atoms with Gasteiger partial charge in [0.05, 0.1) is 19.1 Å². The molecule has 0 radical (unpaired) electrons. The van der Waals surface area contributed by atoms with Crippen LogP contribution in [0, 0.1) is 10.1 Å². The molecule has 1 fully saturated rings. The molecule has 2 aromatic rings. The molecule has 29 heavy (non-hydrogen) atoms. The van der Waals surface area contributed by atoms with Crippen LogP contribution in [0.25, 0.3) is 0 Å². The van der Waals surface area contributed by atoms with Gasteiger partial charge in [-0.25, -0.2) is 9.69 Å². The molecular formula is C21H22N2O6. The number of carbonyl (C=O) groups excluding carboxylic acids is 2. The molecule has 8 nitrogen and oxygen atoms in total. The Morgan fingerprint density at radius 2 is 1.93 bits per heavy atom. The zero-order valence-electron chi connectivity index (χ0n) is 16.0. The van der Waals surface area contributed by atoms with E-state index >= 15 is 0 Å². The molecule has 1 aliphatic heterocycles. The number of imide groups is 1. The van der Waals surface area contributed by atoms with Crippen LogP contribution in [-0.2, 0) is 16.0 Å². The number of hydrogen-bond acceptors (Lipinski definition) is 6. The highest BCUT2D eigenvalue weighted by molar-refractivity contribution is 5.94. The third-order valence-corrected chi connectivity index (χ3v) is 4.91. The van der Waals surface area contributed by atoms with E-state index in [0.29, 0.717) is 17.7 Å². The summed E-state index contributed by atoms with van der Waals surface area (Å²) in [7, 11) is 1.47. The number of nitro groups is 1. The third-order valence-electron chi connectivity index (χ3n) is 4.91. The van der Waals surface area contributed by atoms with Crippen LogP contribution in [-0.4, -0.2) is 48.1 Å². The molecule has 0 spiro atoms. The normalized spacial score (nSPS) is 16.9. The highest BCUT2D eigenvalue weighted by atomic mass is 16.6. The first kappa shape index (κ1) is 20.3. The lowest BCUT2D eigenvalue weighted by molar-refractivity contribution is -0.483. The Labute approximate surface area is 168 Å². The van der Waals surface area contributed by atoms with Gasteiger partial charge in [0.25, 0.3) is 0 Å². The molecule has 8 heteroatoms. The lowest BCUT2D eigenvalue weighted by Gasteiger charge is -2.22. The van der Waals surface area contributed by atoms with Crippen molar-refractivity contribution in [2.24, 2.45) is 0 Å². The second-order valence-corrected chi connectivity index (χ2v) is 6.84. The summed E-state index contributed by atoms with van der Waals surface area (Å²) in [5.74, 6) is -0.748. The number of nitrogens with zero attached hydrogens (tertiary/aromatic N) is 2. The molecule has 1 heterocycles. The van der Waals surface area contributed by atoms with Crippen molar-refractivity contribution in [1.29, 1.82) is 0 Å². The summed E-state index contributed by atoms with van der Waals surface area (Å²) in [4.78, 5) is 37.0. The predicted molar refractivity (Wildman–Crippen MR) is 104 cm³/mol. The van der Waals surface area contributed by atoms with Gasteiger partial charge in [0, 0.05) is 16.9 Å². The Morgan fingerprint density at radius 1 is 1.24 bits per heavy atom. The summed E-state index contributed by atoms with van der Waals surface area (Å²) in [6, 6.07) is 15.9. The minimum atomic E-state index is -0.723. The monoisotopic (exact) mass is 398 g/mol. The topological polar surface area (TPSA) is 99.0 Å². The SMILES string of the molecule is COc1ccccc1C(CC(=O)N1C(=O)OCC1Cc1ccccc1)C[N+](=O)[O-]. The van der Waals surface area contributed by atoms with Crippen LogP contribution in [0.3, 0.4) is 0 Å². The van der Waals surface area contributed by atoms with Crippen molar-refractivity contribution < 1.29 is 24.0 Å². The van der Waals surface area contributed by atoms with Gasteiger partial charge in [0.15, 0.2) is 0 Å². The van der Waals surface area contributed by atoms with Gasteiger partial charge in [-0.2, -0.15) is 0 Å². The van der Waals surface area contributed by atoms with E-state index in [1.165, 1.54) is 7.11 Å². The molecule has 2 aromatic carbocycles. The fraction of sp³-hybridized carbons (Fsp3) is 0.333. The number of methoxy groups -OCH3 is 1. The summed E-state index contributed by atoms with van der Waals surface area (Å²) in [6.45, 7) is -0.341. The number of carbonyl (C=O) groups is 2. The maximum atomic E-state index is 13.0. The van der Waals surface area contributed by atoms with Crippen molar-refractivity contribution in [3.63, 3.8) is 0 Å². The Bertz CT molecular complexity index is 886. The maximum absolute atomic E-state index is 13.0. The summed E-state index contributed by atoms with van der Waals surface area (Å²) >= 11 is 0. The van der Waals surface area contributed by atoms with Crippen LogP contribution < -0.4 is 4.74 Å².